The lowest BCUT2D eigenvalue weighted by molar-refractivity contribution is -0.127. The van der Waals surface area contributed by atoms with Crippen LogP contribution in [0.4, 0.5) is 0 Å². The van der Waals surface area contributed by atoms with Gasteiger partial charge in [0, 0.05) is 6.54 Å². The molecule has 0 fully saturated rings. The summed E-state index contributed by atoms with van der Waals surface area (Å²) in [6.45, 7) is 2.16. The summed E-state index contributed by atoms with van der Waals surface area (Å²) in [6.07, 6.45) is 1.55. The highest BCUT2D eigenvalue weighted by atomic mass is 16.5. The Kier molecular flexibility index (Phi) is 6.31. The Labute approximate surface area is 140 Å². The third kappa shape index (κ3) is 4.55. The van der Waals surface area contributed by atoms with Crippen LogP contribution in [0.15, 0.2) is 36.4 Å². The van der Waals surface area contributed by atoms with Crippen molar-refractivity contribution in [2.75, 3.05) is 19.7 Å². The van der Waals surface area contributed by atoms with Crippen molar-refractivity contribution in [1.29, 1.82) is 0 Å². The molecule has 0 atom stereocenters. The van der Waals surface area contributed by atoms with Crippen molar-refractivity contribution in [1.82, 2.24) is 10.6 Å². The number of rotatable bonds is 8. The summed E-state index contributed by atoms with van der Waals surface area (Å²) in [6, 6.07) is 10.9. The van der Waals surface area contributed by atoms with E-state index in [0.29, 0.717) is 24.1 Å². The maximum absolute atomic E-state index is 11.8. The van der Waals surface area contributed by atoms with E-state index in [1.165, 1.54) is 0 Å². The lowest BCUT2D eigenvalue weighted by Crippen LogP contribution is -2.39. The summed E-state index contributed by atoms with van der Waals surface area (Å²) in [7, 11) is 0. The normalized spacial score (nSPS) is 10.2. The predicted octanol–water partition coefficient (Wildman–Crippen LogP) is 1.67. The van der Waals surface area contributed by atoms with Crippen LogP contribution >= 0.6 is 0 Å². The van der Waals surface area contributed by atoms with Crippen LogP contribution in [-0.2, 0) is 9.59 Å². The van der Waals surface area contributed by atoms with Crippen LogP contribution in [0.25, 0.3) is 10.8 Å². The van der Waals surface area contributed by atoms with E-state index < -0.39 is 5.91 Å². The average molecular weight is 328 g/mol. The van der Waals surface area contributed by atoms with Crippen LogP contribution in [0.5, 0.6) is 5.75 Å². The first-order valence-corrected chi connectivity index (χ1v) is 7.78. The molecule has 6 heteroatoms. The maximum Gasteiger partial charge on any atom is 0.258 e. The Hall–Kier alpha value is -2.89. The van der Waals surface area contributed by atoms with Crippen LogP contribution in [0.2, 0.25) is 0 Å². The van der Waals surface area contributed by atoms with Gasteiger partial charge in [-0.15, -0.1) is 0 Å². The number of carbonyl (C=O) groups excluding carboxylic acids is 3. The van der Waals surface area contributed by atoms with Gasteiger partial charge in [-0.2, -0.15) is 0 Å². The van der Waals surface area contributed by atoms with Crippen LogP contribution in [0.3, 0.4) is 0 Å². The Morgan fingerprint density at radius 1 is 1.08 bits per heavy atom. The molecule has 0 heterocycles. The van der Waals surface area contributed by atoms with E-state index in [2.05, 4.69) is 10.6 Å². The molecule has 126 valence electrons. The molecule has 0 bridgehead atoms. The van der Waals surface area contributed by atoms with Gasteiger partial charge in [0.05, 0.1) is 12.1 Å². The van der Waals surface area contributed by atoms with Crippen LogP contribution in [0.1, 0.15) is 23.7 Å². The van der Waals surface area contributed by atoms with Crippen LogP contribution in [0, 0.1) is 0 Å². The predicted molar refractivity (Wildman–Crippen MR) is 91.1 cm³/mol. The second-order valence-corrected chi connectivity index (χ2v) is 5.23. The molecule has 0 saturated heterocycles. The Morgan fingerprint density at radius 3 is 2.62 bits per heavy atom. The van der Waals surface area contributed by atoms with E-state index in [-0.39, 0.29) is 19.1 Å². The van der Waals surface area contributed by atoms with Gasteiger partial charge in [0.15, 0.2) is 12.9 Å². The van der Waals surface area contributed by atoms with Crippen LogP contribution in [-0.4, -0.2) is 37.8 Å². The quantitative estimate of drug-likeness (QED) is 0.722. The number of fused-ring (bicyclic) bond motifs is 1. The van der Waals surface area contributed by atoms with Crippen molar-refractivity contribution in [3.05, 3.63) is 42.0 Å². The van der Waals surface area contributed by atoms with Crippen molar-refractivity contribution >= 4 is 28.9 Å². The average Bonchev–Trinajstić information content (AvgIpc) is 2.62. The molecule has 24 heavy (non-hydrogen) atoms. The molecule has 0 unspecified atom stereocenters. The summed E-state index contributed by atoms with van der Waals surface area (Å²) in [5.41, 5.74) is 0.404. The van der Waals surface area contributed by atoms with Gasteiger partial charge < -0.3 is 15.4 Å². The molecule has 2 amide bonds. The number of aldehydes is 1. The van der Waals surface area contributed by atoms with Gasteiger partial charge in [0.1, 0.15) is 5.75 Å². The summed E-state index contributed by atoms with van der Waals surface area (Å²) < 4.78 is 5.44. The van der Waals surface area contributed by atoms with Gasteiger partial charge in [0.2, 0.25) is 5.91 Å². The van der Waals surface area contributed by atoms with E-state index in [1.54, 1.807) is 6.07 Å². The van der Waals surface area contributed by atoms with Crippen molar-refractivity contribution in [2.45, 2.75) is 13.3 Å². The monoisotopic (exact) mass is 328 g/mol. The smallest absolute Gasteiger partial charge is 0.258 e. The van der Waals surface area contributed by atoms with Gasteiger partial charge in [-0.3, -0.25) is 14.4 Å². The SMILES string of the molecule is CCCNC(=O)CNC(=O)COc1ccc2ccccc2c1C=O. The lowest BCUT2D eigenvalue weighted by atomic mass is 10.0. The van der Waals surface area contributed by atoms with Gasteiger partial charge in [-0.05, 0) is 23.3 Å². The molecule has 0 aromatic heterocycles. The molecule has 2 aromatic carbocycles. The van der Waals surface area contributed by atoms with E-state index >= 15 is 0 Å². The zero-order valence-electron chi connectivity index (χ0n) is 13.5. The first kappa shape index (κ1) is 17.5. The topological polar surface area (TPSA) is 84.5 Å². The largest absolute Gasteiger partial charge is 0.483 e. The highest BCUT2D eigenvalue weighted by Crippen LogP contribution is 2.26. The van der Waals surface area contributed by atoms with Crippen molar-refractivity contribution in [2.24, 2.45) is 0 Å². The fourth-order valence-electron chi connectivity index (χ4n) is 2.22. The summed E-state index contributed by atoms with van der Waals surface area (Å²) in [5, 5.41) is 6.82. The molecule has 2 N–H and O–H groups in total. The Balaban J connectivity index is 1.94. The molecule has 0 aliphatic carbocycles. The minimum Gasteiger partial charge on any atom is -0.483 e. The van der Waals surface area contributed by atoms with E-state index in [4.69, 9.17) is 4.74 Å². The van der Waals surface area contributed by atoms with Crippen molar-refractivity contribution < 1.29 is 19.1 Å². The zero-order valence-corrected chi connectivity index (χ0v) is 13.5. The third-order valence-corrected chi connectivity index (χ3v) is 3.43. The maximum atomic E-state index is 11.8. The summed E-state index contributed by atoms with van der Waals surface area (Å²) in [4.78, 5) is 34.5. The highest BCUT2D eigenvalue weighted by Gasteiger charge is 2.10. The van der Waals surface area contributed by atoms with Crippen molar-refractivity contribution in [3.63, 3.8) is 0 Å². The molecule has 0 radical (unpaired) electrons. The molecule has 0 aliphatic rings. The molecule has 2 aromatic rings. The first-order valence-electron chi connectivity index (χ1n) is 7.78. The Bertz CT molecular complexity index is 743. The lowest BCUT2D eigenvalue weighted by Gasteiger charge is -2.11. The molecule has 0 aliphatic heterocycles. The number of amides is 2. The molecule has 0 saturated carbocycles. The minimum atomic E-state index is -0.424. The molecule has 0 spiro atoms. The van der Waals surface area contributed by atoms with E-state index in [9.17, 15) is 14.4 Å². The summed E-state index contributed by atoms with van der Waals surface area (Å²) >= 11 is 0. The molecular formula is C18H20N2O4. The highest BCUT2D eigenvalue weighted by molar-refractivity contribution is 6.00. The second-order valence-electron chi connectivity index (χ2n) is 5.23. The van der Waals surface area contributed by atoms with Crippen molar-refractivity contribution in [3.8, 4) is 5.75 Å². The number of ether oxygens (including phenoxy) is 1. The molecule has 6 nitrogen and oxygen atoms in total. The van der Waals surface area contributed by atoms with E-state index in [1.807, 2.05) is 37.3 Å². The number of benzene rings is 2. The van der Waals surface area contributed by atoms with Gasteiger partial charge in [0.25, 0.3) is 5.91 Å². The second kappa shape index (κ2) is 8.67. The fourth-order valence-corrected chi connectivity index (χ4v) is 2.22. The number of hydrogen-bond donors (Lipinski definition) is 2. The molecule has 2 rings (SSSR count). The van der Waals surface area contributed by atoms with Crippen LogP contribution < -0.4 is 15.4 Å². The summed E-state index contributed by atoms with van der Waals surface area (Å²) in [5.74, 6) is -0.328. The number of carbonyl (C=O) groups is 3. The third-order valence-electron chi connectivity index (χ3n) is 3.43. The van der Waals surface area contributed by atoms with Gasteiger partial charge in [-0.1, -0.05) is 37.3 Å². The molecular weight excluding hydrogens is 308 g/mol. The number of hydrogen-bond acceptors (Lipinski definition) is 4. The standard InChI is InChI=1S/C18H20N2O4/c1-2-9-19-17(22)10-20-18(23)12-24-16-8-7-13-5-3-4-6-14(13)15(16)11-21/h3-8,11H,2,9-10,12H2,1H3,(H,19,22)(H,20,23). The fraction of sp³-hybridized carbons (Fsp3) is 0.278. The zero-order chi connectivity index (χ0) is 17.4. The first-order chi connectivity index (χ1) is 11.7. The Morgan fingerprint density at radius 2 is 1.88 bits per heavy atom. The number of nitrogens with one attached hydrogen (secondary N) is 2. The van der Waals surface area contributed by atoms with Gasteiger partial charge in [-0.25, -0.2) is 0 Å². The minimum absolute atomic E-state index is 0.0968. The van der Waals surface area contributed by atoms with E-state index in [0.717, 1.165) is 17.2 Å². The van der Waals surface area contributed by atoms with Gasteiger partial charge >= 0.3 is 0 Å².